The number of methoxy groups -OCH3 is 1. The van der Waals surface area contributed by atoms with Crippen molar-refractivity contribution < 1.29 is 9.53 Å². The standard InChI is InChI=1S/C14H19N5O2.ClH/c1-10(16-14(20)12(15)9-21-2)13-8-19(18-17-13)11-6-4-3-5-7-11;/h3-8,10,12H,9,15H2,1-2H3,(H,16,20);1H. The molecule has 0 aliphatic rings. The Kier molecular flexibility index (Phi) is 6.97. The molecule has 120 valence electrons. The largest absolute Gasteiger partial charge is 0.383 e. The SMILES string of the molecule is COCC(N)C(=O)NC(C)c1cn(-c2ccccc2)nn1.Cl. The second kappa shape index (κ2) is 8.47. The molecule has 2 atom stereocenters. The van der Waals surface area contributed by atoms with Gasteiger partial charge in [0.15, 0.2) is 0 Å². The highest BCUT2D eigenvalue weighted by Gasteiger charge is 2.18. The van der Waals surface area contributed by atoms with E-state index in [1.807, 2.05) is 37.3 Å². The van der Waals surface area contributed by atoms with Crippen LogP contribution >= 0.6 is 12.4 Å². The lowest BCUT2D eigenvalue weighted by Crippen LogP contribution is -2.44. The zero-order valence-electron chi connectivity index (χ0n) is 12.5. The number of benzene rings is 1. The number of rotatable bonds is 6. The number of hydrogen-bond acceptors (Lipinski definition) is 5. The molecule has 0 fully saturated rings. The molecule has 1 amide bonds. The predicted octanol–water partition coefficient (Wildman–Crippen LogP) is 0.840. The van der Waals surface area contributed by atoms with Crippen LogP contribution in [-0.2, 0) is 9.53 Å². The zero-order chi connectivity index (χ0) is 15.2. The molecule has 7 nitrogen and oxygen atoms in total. The maximum Gasteiger partial charge on any atom is 0.239 e. The Morgan fingerprint density at radius 1 is 1.41 bits per heavy atom. The number of para-hydroxylation sites is 1. The number of nitrogens with zero attached hydrogens (tertiary/aromatic N) is 3. The van der Waals surface area contributed by atoms with Gasteiger partial charge in [0.25, 0.3) is 0 Å². The molecule has 2 rings (SSSR count). The molecule has 2 unspecified atom stereocenters. The van der Waals surface area contributed by atoms with E-state index in [0.717, 1.165) is 5.69 Å². The van der Waals surface area contributed by atoms with Gasteiger partial charge in [-0.1, -0.05) is 23.4 Å². The zero-order valence-corrected chi connectivity index (χ0v) is 13.3. The third-order valence-electron chi connectivity index (χ3n) is 3.02. The molecule has 0 aliphatic heterocycles. The number of hydrogen-bond donors (Lipinski definition) is 2. The molecule has 1 aromatic heterocycles. The summed E-state index contributed by atoms with van der Waals surface area (Å²) in [5, 5.41) is 10.9. The summed E-state index contributed by atoms with van der Waals surface area (Å²) in [6, 6.07) is 8.66. The Balaban J connectivity index is 0.00000242. The number of ether oxygens (including phenoxy) is 1. The predicted molar refractivity (Wildman–Crippen MR) is 85.0 cm³/mol. The molecule has 1 heterocycles. The molecule has 0 radical (unpaired) electrons. The Bertz CT molecular complexity index is 590. The molecular formula is C14H20ClN5O2. The number of carbonyl (C=O) groups is 1. The quantitative estimate of drug-likeness (QED) is 0.820. The molecule has 1 aromatic carbocycles. The second-order valence-corrected chi connectivity index (χ2v) is 4.72. The minimum atomic E-state index is -0.693. The summed E-state index contributed by atoms with van der Waals surface area (Å²) in [4.78, 5) is 11.8. The summed E-state index contributed by atoms with van der Waals surface area (Å²) >= 11 is 0. The van der Waals surface area contributed by atoms with E-state index in [9.17, 15) is 4.79 Å². The smallest absolute Gasteiger partial charge is 0.239 e. The van der Waals surface area contributed by atoms with Gasteiger partial charge in [0.1, 0.15) is 11.7 Å². The maximum absolute atomic E-state index is 11.8. The summed E-state index contributed by atoms with van der Waals surface area (Å²) in [7, 11) is 1.50. The van der Waals surface area contributed by atoms with Gasteiger partial charge in [0, 0.05) is 7.11 Å². The lowest BCUT2D eigenvalue weighted by Gasteiger charge is -2.15. The maximum atomic E-state index is 11.8. The lowest BCUT2D eigenvalue weighted by molar-refractivity contribution is -0.124. The first-order valence-corrected chi connectivity index (χ1v) is 6.64. The van der Waals surface area contributed by atoms with Gasteiger partial charge in [-0.15, -0.1) is 17.5 Å². The van der Waals surface area contributed by atoms with Crippen LogP contribution in [0.4, 0.5) is 0 Å². The molecule has 22 heavy (non-hydrogen) atoms. The van der Waals surface area contributed by atoms with Gasteiger partial charge in [-0.2, -0.15) is 0 Å². The molecule has 0 saturated carbocycles. The highest BCUT2D eigenvalue weighted by Crippen LogP contribution is 2.11. The van der Waals surface area contributed by atoms with E-state index >= 15 is 0 Å². The first kappa shape index (κ1) is 18.1. The average molecular weight is 326 g/mol. The summed E-state index contributed by atoms with van der Waals surface area (Å²) in [5.74, 6) is -0.279. The molecule has 0 bridgehead atoms. The third kappa shape index (κ3) is 4.52. The Hall–Kier alpha value is -1.96. The van der Waals surface area contributed by atoms with Crippen molar-refractivity contribution in [3.05, 3.63) is 42.2 Å². The number of amides is 1. The number of nitrogens with one attached hydrogen (secondary N) is 1. The Labute approximate surface area is 135 Å². The van der Waals surface area contributed by atoms with Gasteiger partial charge in [0.05, 0.1) is 24.5 Å². The van der Waals surface area contributed by atoms with Gasteiger partial charge in [-0.3, -0.25) is 4.79 Å². The fourth-order valence-electron chi connectivity index (χ4n) is 1.83. The van der Waals surface area contributed by atoms with Crippen molar-refractivity contribution in [2.24, 2.45) is 5.73 Å². The van der Waals surface area contributed by atoms with Crippen molar-refractivity contribution in [1.82, 2.24) is 20.3 Å². The topological polar surface area (TPSA) is 95.1 Å². The van der Waals surface area contributed by atoms with Crippen LogP contribution in [-0.4, -0.2) is 40.7 Å². The van der Waals surface area contributed by atoms with Crippen LogP contribution in [0.5, 0.6) is 0 Å². The van der Waals surface area contributed by atoms with Crippen LogP contribution < -0.4 is 11.1 Å². The normalized spacial score (nSPS) is 13.0. The summed E-state index contributed by atoms with van der Waals surface area (Å²) in [6.45, 7) is 2.01. The summed E-state index contributed by atoms with van der Waals surface area (Å²) < 4.78 is 6.52. The number of aromatic nitrogens is 3. The van der Waals surface area contributed by atoms with E-state index in [1.165, 1.54) is 7.11 Å². The van der Waals surface area contributed by atoms with Crippen LogP contribution in [0, 0.1) is 0 Å². The van der Waals surface area contributed by atoms with Crippen molar-refractivity contribution >= 4 is 18.3 Å². The fourth-order valence-corrected chi connectivity index (χ4v) is 1.83. The van der Waals surface area contributed by atoms with Crippen LogP contribution in [0.2, 0.25) is 0 Å². The highest BCUT2D eigenvalue weighted by atomic mass is 35.5. The fraction of sp³-hybridized carbons (Fsp3) is 0.357. The highest BCUT2D eigenvalue weighted by molar-refractivity contribution is 5.85. The number of halogens is 1. The van der Waals surface area contributed by atoms with Crippen molar-refractivity contribution in [3.8, 4) is 5.69 Å². The van der Waals surface area contributed by atoms with Gasteiger partial charge >= 0.3 is 0 Å². The minimum Gasteiger partial charge on any atom is -0.383 e. The molecular weight excluding hydrogens is 306 g/mol. The second-order valence-electron chi connectivity index (χ2n) is 4.72. The van der Waals surface area contributed by atoms with Crippen LogP contribution in [0.1, 0.15) is 18.7 Å². The lowest BCUT2D eigenvalue weighted by atomic mass is 10.2. The van der Waals surface area contributed by atoms with Crippen LogP contribution in [0.25, 0.3) is 5.69 Å². The first-order valence-electron chi connectivity index (χ1n) is 6.64. The van der Waals surface area contributed by atoms with Gasteiger partial charge < -0.3 is 15.8 Å². The molecule has 2 aromatic rings. The van der Waals surface area contributed by atoms with Crippen LogP contribution in [0.15, 0.2) is 36.5 Å². The first-order chi connectivity index (χ1) is 10.1. The van der Waals surface area contributed by atoms with E-state index in [0.29, 0.717) is 5.69 Å². The van der Waals surface area contributed by atoms with Crippen LogP contribution in [0.3, 0.4) is 0 Å². The van der Waals surface area contributed by atoms with Crippen molar-refractivity contribution in [2.45, 2.75) is 19.0 Å². The van der Waals surface area contributed by atoms with Gasteiger partial charge in [-0.25, -0.2) is 4.68 Å². The summed E-state index contributed by atoms with van der Waals surface area (Å²) in [6.07, 6.45) is 1.78. The monoisotopic (exact) mass is 325 g/mol. The minimum absolute atomic E-state index is 0. The average Bonchev–Trinajstić information content (AvgIpc) is 2.98. The molecule has 8 heteroatoms. The Morgan fingerprint density at radius 2 is 2.09 bits per heavy atom. The molecule has 3 N–H and O–H groups in total. The summed E-state index contributed by atoms with van der Waals surface area (Å²) in [5.41, 5.74) is 7.24. The molecule has 0 aliphatic carbocycles. The molecule has 0 spiro atoms. The Morgan fingerprint density at radius 3 is 2.73 bits per heavy atom. The van der Waals surface area contributed by atoms with Gasteiger partial charge in [0.2, 0.25) is 5.91 Å². The van der Waals surface area contributed by atoms with E-state index in [1.54, 1.807) is 10.9 Å². The van der Waals surface area contributed by atoms with Crippen molar-refractivity contribution in [2.75, 3.05) is 13.7 Å². The van der Waals surface area contributed by atoms with E-state index in [4.69, 9.17) is 10.5 Å². The van der Waals surface area contributed by atoms with Crippen molar-refractivity contribution in [3.63, 3.8) is 0 Å². The van der Waals surface area contributed by atoms with Crippen molar-refractivity contribution in [1.29, 1.82) is 0 Å². The van der Waals surface area contributed by atoms with E-state index in [-0.39, 0.29) is 31.0 Å². The van der Waals surface area contributed by atoms with E-state index in [2.05, 4.69) is 15.6 Å². The number of nitrogens with two attached hydrogens (primary N) is 1. The number of carbonyl (C=O) groups excluding carboxylic acids is 1. The molecule has 0 saturated heterocycles. The van der Waals surface area contributed by atoms with E-state index < -0.39 is 6.04 Å². The third-order valence-corrected chi connectivity index (χ3v) is 3.02. The van der Waals surface area contributed by atoms with Gasteiger partial charge in [-0.05, 0) is 19.1 Å².